The summed E-state index contributed by atoms with van der Waals surface area (Å²) in [5, 5.41) is 9.38. The fraction of sp³-hybridized carbons (Fsp3) is 0.429. The fourth-order valence-electron chi connectivity index (χ4n) is 2.48. The molecule has 1 N–H and O–H groups in total. The molecule has 1 aliphatic rings. The number of hydrogen-bond acceptors (Lipinski definition) is 3. The van der Waals surface area contributed by atoms with Crippen molar-refractivity contribution in [1.29, 1.82) is 0 Å². The number of amides is 1. The Balaban J connectivity index is 2.16. The largest absolute Gasteiger partial charge is 0.481 e. The van der Waals surface area contributed by atoms with E-state index in [2.05, 4.69) is 15.9 Å². The zero-order chi connectivity index (χ0) is 14.8. The molecule has 1 heterocycles. The predicted octanol–water partition coefficient (Wildman–Crippen LogP) is 2.01. The topological polar surface area (TPSA) is 66.8 Å². The van der Waals surface area contributed by atoms with Gasteiger partial charge in [-0.1, -0.05) is 22.0 Å². The van der Waals surface area contributed by atoms with Crippen LogP contribution in [0.1, 0.15) is 16.8 Å². The quantitative estimate of drug-likeness (QED) is 0.909. The Kier molecular flexibility index (Phi) is 4.45. The lowest BCUT2D eigenvalue weighted by molar-refractivity contribution is -0.151. The lowest BCUT2D eigenvalue weighted by Gasteiger charge is -2.23. The number of likely N-dealkylation sites (tertiary alicyclic amines) is 1. The van der Waals surface area contributed by atoms with Crippen LogP contribution in [0, 0.1) is 5.41 Å². The second-order valence-corrected chi connectivity index (χ2v) is 5.92. The van der Waals surface area contributed by atoms with E-state index in [0.29, 0.717) is 18.5 Å². The molecule has 1 unspecified atom stereocenters. The number of carboxylic acid groups (broad SMARTS) is 1. The third-order valence-corrected chi connectivity index (χ3v) is 4.08. The predicted molar refractivity (Wildman–Crippen MR) is 76.6 cm³/mol. The minimum atomic E-state index is -0.990. The Morgan fingerprint density at radius 3 is 2.85 bits per heavy atom. The Morgan fingerprint density at radius 1 is 1.50 bits per heavy atom. The number of carboxylic acids is 1. The van der Waals surface area contributed by atoms with E-state index in [1.165, 1.54) is 7.11 Å². The third-order valence-electron chi connectivity index (χ3n) is 3.59. The number of benzene rings is 1. The van der Waals surface area contributed by atoms with Crippen molar-refractivity contribution < 1.29 is 19.4 Å². The first kappa shape index (κ1) is 15.0. The Bertz CT molecular complexity index is 534. The molecule has 0 radical (unpaired) electrons. The van der Waals surface area contributed by atoms with Crippen molar-refractivity contribution >= 4 is 27.8 Å². The van der Waals surface area contributed by atoms with Gasteiger partial charge in [0.15, 0.2) is 0 Å². The van der Waals surface area contributed by atoms with Gasteiger partial charge in [0.2, 0.25) is 0 Å². The molecule has 0 aromatic heterocycles. The van der Waals surface area contributed by atoms with E-state index < -0.39 is 11.4 Å². The monoisotopic (exact) mass is 341 g/mol. The number of methoxy groups -OCH3 is 1. The van der Waals surface area contributed by atoms with Gasteiger partial charge in [0.05, 0.1) is 6.61 Å². The summed E-state index contributed by atoms with van der Waals surface area (Å²) in [6.45, 7) is 0.729. The highest BCUT2D eigenvalue weighted by Crippen LogP contribution is 2.32. The van der Waals surface area contributed by atoms with Gasteiger partial charge in [0, 0.05) is 30.2 Å². The van der Waals surface area contributed by atoms with E-state index >= 15 is 0 Å². The number of carbonyl (C=O) groups is 2. The number of rotatable bonds is 4. The van der Waals surface area contributed by atoms with Crippen LogP contribution >= 0.6 is 15.9 Å². The summed E-state index contributed by atoms with van der Waals surface area (Å²) in [7, 11) is 1.48. The average Bonchev–Trinajstić information content (AvgIpc) is 2.84. The van der Waals surface area contributed by atoms with Gasteiger partial charge in [-0.25, -0.2) is 0 Å². The van der Waals surface area contributed by atoms with Gasteiger partial charge in [0.1, 0.15) is 5.41 Å². The first-order chi connectivity index (χ1) is 9.48. The minimum Gasteiger partial charge on any atom is -0.481 e. The zero-order valence-electron chi connectivity index (χ0n) is 11.1. The van der Waals surface area contributed by atoms with Gasteiger partial charge >= 0.3 is 5.97 Å². The van der Waals surface area contributed by atoms with Crippen LogP contribution < -0.4 is 0 Å². The number of ether oxygens (including phenoxy) is 1. The van der Waals surface area contributed by atoms with Crippen LogP contribution in [0.15, 0.2) is 28.7 Å². The Morgan fingerprint density at radius 2 is 2.25 bits per heavy atom. The molecule has 1 amide bonds. The summed E-state index contributed by atoms with van der Waals surface area (Å²) >= 11 is 3.32. The van der Waals surface area contributed by atoms with Crippen molar-refractivity contribution in [2.24, 2.45) is 5.41 Å². The van der Waals surface area contributed by atoms with E-state index in [9.17, 15) is 14.7 Å². The summed E-state index contributed by atoms with van der Waals surface area (Å²) in [6.07, 6.45) is 0.413. The van der Waals surface area contributed by atoms with Crippen molar-refractivity contribution in [1.82, 2.24) is 4.90 Å². The van der Waals surface area contributed by atoms with Crippen LogP contribution in [0.25, 0.3) is 0 Å². The van der Waals surface area contributed by atoms with E-state index in [0.717, 1.165) is 4.47 Å². The molecule has 1 aromatic carbocycles. The number of hydrogen-bond donors (Lipinski definition) is 1. The molecular weight excluding hydrogens is 326 g/mol. The first-order valence-corrected chi connectivity index (χ1v) is 7.05. The molecule has 0 aliphatic carbocycles. The van der Waals surface area contributed by atoms with Crippen molar-refractivity contribution in [3.63, 3.8) is 0 Å². The van der Waals surface area contributed by atoms with Crippen molar-refractivity contribution in [2.45, 2.75) is 6.42 Å². The van der Waals surface area contributed by atoms with E-state index in [1.807, 2.05) is 6.07 Å². The van der Waals surface area contributed by atoms with Crippen LogP contribution in [-0.4, -0.2) is 48.7 Å². The molecule has 0 spiro atoms. The molecule has 1 atom stereocenters. The van der Waals surface area contributed by atoms with E-state index in [1.54, 1.807) is 23.1 Å². The smallest absolute Gasteiger partial charge is 0.313 e. The van der Waals surface area contributed by atoms with Crippen LogP contribution in [0.5, 0.6) is 0 Å². The molecule has 2 rings (SSSR count). The van der Waals surface area contributed by atoms with Crippen LogP contribution in [0.3, 0.4) is 0 Å². The van der Waals surface area contributed by atoms with Crippen LogP contribution in [-0.2, 0) is 9.53 Å². The highest BCUT2D eigenvalue weighted by molar-refractivity contribution is 9.10. The van der Waals surface area contributed by atoms with Gasteiger partial charge in [-0.15, -0.1) is 0 Å². The van der Waals surface area contributed by atoms with Gasteiger partial charge in [-0.3, -0.25) is 9.59 Å². The molecule has 0 saturated carbocycles. The molecular formula is C14H16BrNO4. The molecule has 0 bridgehead atoms. The number of halogens is 1. The van der Waals surface area contributed by atoms with Gasteiger partial charge < -0.3 is 14.7 Å². The zero-order valence-corrected chi connectivity index (χ0v) is 12.7. The summed E-state index contributed by atoms with van der Waals surface area (Å²) in [6, 6.07) is 7.09. The highest BCUT2D eigenvalue weighted by atomic mass is 79.9. The molecule has 1 aliphatic heterocycles. The maximum Gasteiger partial charge on any atom is 0.313 e. The number of nitrogens with zero attached hydrogens (tertiary/aromatic N) is 1. The second kappa shape index (κ2) is 5.93. The molecule has 6 heteroatoms. The first-order valence-electron chi connectivity index (χ1n) is 6.26. The lowest BCUT2D eigenvalue weighted by Crippen LogP contribution is -2.40. The number of carbonyl (C=O) groups excluding carboxylic acids is 1. The maximum atomic E-state index is 12.4. The van der Waals surface area contributed by atoms with Gasteiger partial charge in [0.25, 0.3) is 5.91 Å². The molecule has 108 valence electrons. The summed E-state index contributed by atoms with van der Waals surface area (Å²) in [4.78, 5) is 25.4. The summed E-state index contributed by atoms with van der Waals surface area (Å²) in [5.41, 5.74) is -0.436. The molecule has 5 nitrogen and oxygen atoms in total. The van der Waals surface area contributed by atoms with Crippen molar-refractivity contribution in [2.75, 3.05) is 26.8 Å². The van der Waals surface area contributed by atoms with Crippen molar-refractivity contribution in [3.8, 4) is 0 Å². The summed E-state index contributed by atoms with van der Waals surface area (Å²) in [5.74, 6) is -1.06. The lowest BCUT2D eigenvalue weighted by atomic mass is 9.88. The maximum absolute atomic E-state index is 12.4. The van der Waals surface area contributed by atoms with E-state index in [-0.39, 0.29) is 19.1 Å². The normalized spacial score (nSPS) is 22.0. The number of aliphatic carboxylic acids is 1. The Labute approximate surface area is 125 Å². The second-order valence-electron chi connectivity index (χ2n) is 5.01. The highest BCUT2D eigenvalue weighted by Gasteiger charge is 2.46. The molecule has 1 fully saturated rings. The SMILES string of the molecule is COCC1(C(=O)O)CCN(C(=O)c2cccc(Br)c2)C1. The van der Waals surface area contributed by atoms with Gasteiger partial charge in [-0.2, -0.15) is 0 Å². The molecule has 20 heavy (non-hydrogen) atoms. The standard InChI is InChI=1S/C14H16BrNO4/c1-20-9-14(13(18)19)5-6-16(8-14)12(17)10-3-2-4-11(15)7-10/h2-4,7H,5-6,8-9H2,1H3,(H,18,19). The van der Waals surface area contributed by atoms with Crippen LogP contribution in [0.2, 0.25) is 0 Å². The van der Waals surface area contributed by atoms with Crippen molar-refractivity contribution in [3.05, 3.63) is 34.3 Å². The van der Waals surface area contributed by atoms with Gasteiger partial charge in [-0.05, 0) is 24.6 Å². The Hall–Kier alpha value is -1.40. The average molecular weight is 342 g/mol. The molecule has 1 aromatic rings. The minimum absolute atomic E-state index is 0.116. The fourth-order valence-corrected chi connectivity index (χ4v) is 2.88. The molecule has 1 saturated heterocycles. The summed E-state index contributed by atoms with van der Waals surface area (Å²) < 4.78 is 5.84. The van der Waals surface area contributed by atoms with Crippen LogP contribution in [0.4, 0.5) is 0 Å². The van der Waals surface area contributed by atoms with E-state index in [4.69, 9.17) is 4.74 Å². The third kappa shape index (κ3) is 2.86.